The first-order valence-electron chi connectivity index (χ1n) is 9.96. The van der Waals surface area contributed by atoms with E-state index in [4.69, 9.17) is 0 Å². The van der Waals surface area contributed by atoms with Crippen molar-refractivity contribution in [1.29, 1.82) is 0 Å². The molecule has 2 N–H and O–H groups in total. The zero-order valence-corrected chi connectivity index (χ0v) is 16.5. The van der Waals surface area contributed by atoms with Crippen molar-refractivity contribution in [3.05, 3.63) is 71.8 Å². The summed E-state index contributed by atoms with van der Waals surface area (Å²) in [6.45, 7) is 4.20. The molecule has 0 spiro atoms. The molecule has 0 bridgehead atoms. The first-order valence-corrected chi connectivity index (χ1v) is 9.96. The minimum absolute atomic E-state index is 0.0122. The van der Waals surface area contributed by atoms with E-state index in [9.17, 15) is 9.59 Å². The first kappa shape index (κ1) is 19.9. The van der Waals surface area contributed by atoms with Gasteiger partial charge in [-0.05, 0) is 37.3 Å². The molecule has 3 rings (SSSR count). The number of hydrogen-bond donors (Lipinski definition) is 2. The summed E-state index contributed by atoms with van der Waals surface area (Å²) >= 11 is 0. The van der Waals surface area contributed by atoms with Crippen LogP contribution in [0.3, 0.4) is 0 Å². The lowest BCUT2D eigenvalue weighted by Gasteiger charge is -2.39. The maximum absolute atomic E-state index is 12.8. The molecule has 28 heavy (non-hydrogen) atoms. The van der Waals surface area contributed by atoms with Crippen molar-refractivity contribution in [3.63, 3.8) is 0 Å². The van der Waals surface area contributed by atoms with Crippen LogP contribution in [-0.4, -0.2) is 36.5 Å². The van der Waals surface area contributed by atoms with Crippen LogP contribution < -0.4 is 10.6 Å². The fraction of sp³-hybridized carbons (Fsp3) is 0.391. The number of piperidine rings is 1. The molecule has 148 valence electrons. The lowest BCUT2D eigenvalue weighted by molar-refractivity contribution is -0.132. The topological polar surface area (TPSA) is 61.4 Å². The molecule has 5 heteroatoms. The lowest BCUT2D eigenvalue weighted by atomic mass is 9.81. The molecule has 1 unspecified atom stereocenters. The summed E-state index contributed by atoms with van der Waals surface area (Å²) in [5, 5.41) is 6.03. The summed E-state index contributed by atoms with van der Waals surface area (Å²) < 4.78 is 0. The van der Waals surface area contributed by atoms with Crippen molar-refractivity contribution in [2.24, 2.45) is 5.41 Å². The van der Waals surface area contributed by atoms with Crippen molar-refractivity contribution in [3.8, 4) is 0 Å². The Hall–Kier alpha value is -2.82. The zero-order chi connectivity index (χ0) is 19.8. The number of hydrogen-bond acceptors (Lipinski definition) is 2. The van der Waals surface area contributed by atoms with Gasteiger partial charge in [-0.3, -0.25) is 4.79 Å². The molecule has 0 saturated carbocycles. The van der Waals surface area contributed by atoms with Crippen molar-refractivity contribution < 1.29 is 9.59 Å². The van der Waals surface area contributed by atoms with Crippen LogP contribution in [0.2, 0.25) is 0 Å². The van der Waals surface area contributed by atoms with Crippen molar-refractivity contribution in [2.45, 2.75) is 32.7 Å². The van der Waals surface area contributed by atoms with Gasteiger partial charge in [0.15, 0.2) is 0 Å². The summed E-state index contributed by atoms with van der Waals surface area (Å²) in [6, 6.07) is 19.9. The fourth-order valence-corrected chi connectivity index (χ4v) is 3.66. The second kappa shape index (κ2) is 9.40. The maximum atomic E-state index is 12.8. The fourth-order valence-electron chi connectivity index (χ4n) is 3.66. The van der Waals surface area contributed by atoms with Gasteiger partial charge in [0.05, 0.1) is 5.41 Å². The highest BCUT2D eigenvalue weighted by Crippen LogP contribution is 2.29. The average Bonchev–Trinajstić information content (AvgIpc) is 2.73. The van der Waals surface area contributed by atoms with Gasteiger partial charge < -0.3 is 15.5 Å². The van der Waals surface area contributed by atoms with E-state index >= 15 is 0 Å². The number of rotatable bonds is 6. The third kappa shape index (κ3) is 5.35. The van der Waals surface area contributed by atoms with Crippen LogP contribution >= 0.6 is 0 Å². The molecule has 1 aliphatic rings. The van der Waals surface area contributed by atoms with Gasteiger partial charge in [0, 0.05) is 26.2 Å². The third-order valence-electron chi connectivity index (χ3n) is 5.36. The number of nitrogens with zero attached hydrogens (tertiary/aromatic N) is 1. The standard InChI is InChI=1S/C23H29N3O2/c1-23(21(27)25-17-20-11-6-3-7-12-20)14-8-16-26(18-23)22(28)24-15-13-19-9-4-2-5-10-19/h2-7,9-12H,8,13-18H2,1H3,(H,24,28)(H,25,27). The number of urea groups is 1. The second-order valence-corrected chi connectivity index (χ2v) is 7.72. The van der Waals surface area contributed by atoms with E-state index in [1.807, 2.05) is 55.5 Å². The van der Waals surface area contributed by atoms with E-state index in [0.717, 1.165) is 24.8 Å². The molecule has 1 heterocycles. The number of carbonyl (C=O) groups is 2. The maximum Gasteiger partial charge on any atom is 0.317 e. The van der Waals surface area contributed by atoms with E-state index in [1.54, 1.807) is 4.90 Å². The third-order valence-corrected chi connectivity index (χ3v) is 5.36. The van der Waals surface area contributed by atoms with E-state index in [-0.39, 0.29) is 11.9 Å². The Morgan fingerprint density at radius 2 is 1.61 bits per heavy atom. The van der Waals surface area contributed by atoms with Crippen LogP contribution in [-0.2, 0) is 17.8 Å². The van der Waals surface area contributed by atoms with E-state index in [2.05, 4.69) is 22.8 Å². The minimum atomic E-state index is -0.552. The minimum Gasteiger partial charge on any atom is -0.351 e. The van der Waals surface area contributed by atoms with Crippen LogP contribution in [0.1, 0.15) is 30.9 Å². The number of amides is 3. The largest absolute Gasteiger partial charge is 0.351 e. The van der Waals surface area contributed by atoms with Gasteiger partial charge in [0.25, 0.3) is 0 Å². The van der Waals surface area contributed by atoms with Crippen molar-refractivity contribution in [1.82, 2.24) is 15.5 Å². The lowest BCUT2D eigenvalue weighted by Crippen LogP contribution is -2.54. The van der Waals surface area contributed by atoms with E-state index in [0.29, 0.717) is 26.2 Å². The monoisotopic (exact) mass is 379 g/mol. The molecule has 0 aliphatic carbocycles. The molecule has 5 nitrogen and oxygen atoms in total. The highest BCUT2D eigenvalue weighted by molar-refractivity contribution is 5.84. The molecule has 1 aliphatic heterocycles. The SMILES string of the molecule is CC1(C(=O)NCc2ccccc2)CCCN(C(=O)NCCc2ccccc2)C1. The Labute approximate surface area is 167 Å². The average molecular weight is 380 g/mol. The predicted octanol–water partition coefficient (Wildman–Crippen LogP) is 3.36. The number of nitrogens with one attached hydrogen (secondary N) is 2. The van der Waals surface area contributed by atoms with Crippen molar-refractivity contribution in [2.75, 3.05) is 19.6 Å². The first-order chi connectivity index (χ1) is 13.6. The summed E-state index contributed by atoms with van der Waals surface area (Å²) in [4.78, 5) is 27.1. The Kier molecular flexibility index (Phi) is 6.69. The summed E-state index contributed by atoms with van der Waals surface area (Å²) in [6.07, 6.45) is 2.43. The number of likely N-dealkylation sites (tertiary alicyclic amines) is 1. The van der Waals surface area contributed by atoms with Gasteiger partial charge in [0.1, 0.15) is 0 Å². The molecule has 0 radical (unpaired) electrons. The van der Waals surface area contributed by atoms with Gasteiger partial charge in [0.2, 0.25) is 5.91 Å². The zero-order valence-electron chi connectivity index (χ0n) is 16.5. The van der Waals surface area contributed by atoms with Crippen LogP contribution in [0.25, 0.3) is 0 Å². The molecular formula is C23H29N3O2. The summed E-state index contributed by atoms with van der Waals surface area (Å²) in [5.74, 6) is 0.0122. The second-order valence-electron chi connectivity index (χ2n) is 7.72. The molecule has 1 atom stereocenters. The van der Waals surface area contributed by atoms with Gasteiger partial charge in [-0.15, -0.1) is 0 Å². The molecule has 2 aromatic carbocycles. The molecule has 2 aromatic rings. The normalized spacial score (nSPS) is 19.1. The molecule has 1 fully saturated rings. The van der Waals surface area contributed by atoms with Crippen LogP contribution in [0.4, 0.5) is 4.79 Å². The van der Waals surface area contributed by atoms with E-state index < -0.39 is 5.41 Å². The number of carbonyl (C=O) groups excluding carboxylic acids is 2. The Morgan fingerprint density at radius 1 is 0.964 bits per heavy atom. The van der Waals surface area contributed by atoms with Gasteiger partial charge in [-0.25, -0.2) is 4.79 Å². The number of benzene rings is 2. The predicted molar refractivity (Wildman–Crippen MR) is 111 cm³/mol. The Bertz CT molecular complexity index is 779. The summed E-state index contributed by atoms with van der Waals surface area (Å²) in [5.41, 5.74) is 1.72. The van der Waals surface area contributed by atoms with Gasteiger partial charge in [-0.1, -0.05) is 60.7 Å². The Balaban J connectivity index is 1.48. The molecule has 0 aromatic heterocycles. The van der Waals surface area contributed by atoms with Crippen LogP contribution in [0.15, 0.2) is 60.7 Å². The van der Waals surface area contributed by atoms with Gasteiger partial charge >= 0.3 is 6.03 Å². The highest BCUT2D eigenvalue weighted by atomic mass is 16.2. The molecule has 1 saturated heterocycles. The van der Waals surface area contributed by atoms with Gasteiger partial charge in [-0.2, -0.15) is 0 Å². The Morgan fingerprint density at radius 3 is 2.29 bits per heavy atom. The highest BCUT2D eigenvalue weighted by Gasteiger charge is 2.39. The van der Waals surface area contributed by atoms with Crippen LogP contribution in [0.5, 0.6) is 0 Å². The summed E-state index contributed by atoms with van der Waals surface area (Å²) in [7, 11) is 0. The molecule has 3 amide bonds. The van der Waals surface area contributed by atoms with E-state index in [1.165, 1.54) is 5.56 Å². The van der Waals surface area contributed by atoms with Crippen LogP contribution in [0, 0.1) is 5.41 Å². The smallest absolute Gasteiger partial charge is 0.317 e. The molecular weight excluding hydrogens is 350 g/mol. The quantitative estimate of drug-likeness (QED) is 0.808. The van der Waals surface area contributed by atoms with Crippen molar-refractivity contribution >= 4 is 11.9 Å².